The standard InChI is InChI=1S/C35H28ClF6N9O5S/c1-49-28-22(6-5-20(36)26(28)32(47-49)48-57(3,54)55)51-33(45-31-17(34(51)53)4-7-24(44-31)56-2)21(10-14-8-15(37)11-16(38)9-14)43-23(52)13-50-29-25(27(46-50)30(39)40)18-12-19(18)35(29,41)42/h4-9,11,18-19,21,30H,10,12-13H2,1-3H3,(H,43,52)(H,47,48)/t18-,19+,21+/m1/s1. The fourth-order valence-electron chi connectivity index (χ4n) is 7.56. The Morgan fingerprint density at radius 3 is 2.47 bits per heavy atom. The van der Waals surface area contributed by atoms with E-state index in [1.807, 2.05) is 0 Å². The number of benzene rings is 2. The van der Waals surface area contributed by atoms with Gasteiger partial charge in [0.25, 0.3) is 17.9 Å². The number of alkyl halides is 4. The molecule has 14 nitrogen and oxygen atoms in total. The van der Waals surface area contributed by atoms with E-state index in [4.69, 9.17) is 16.3 Å². The average molecular weight is 836 g/mol. The number of sulfonamides is 1. The Morgan fingerprint density at radius 1 is 1.09 bits per heavy atom. The Bertz CT molecular complexity index is 2830. The van der Waals surface area contributed by atoms with Crippen molar-refractivity contribution in [3.8, 4) is 11.6 Å². The predicted molar refractivity (Wildman–Crippen MR) is 192 cm³/mol. The van der Waals surface area contributed by atoms with E-state index in [0.29, 0.717) is 10.7 Å². The minimum atomic E-state index is -3.90. The highest BCUT2D eigenvalue weighted by molar-refractivity contribution is 7.92. The first-order valence-electron chi connectivity index (χ1n) is 17.0. The lowest BCUT2D eigenvalue weighted by Gasteiger charge is -2.24. The fraction of sp³-hybridized carbons (Fsp3) is 0.314. The van der Waals surface area contributed by atoms with Crippen LogP contribution in [0.2, 0.25) is 5.02 Å². The molecular formula is C35H28ClF6N9O5S. The molecule has 2 aliphatic rings. The van der Waals surface area contributed by atoms with Crippen molar-refractivity contribution < 1.29 is 44.3 Å². The second-order valence-corrected chi connectivity index (χ2v) is 15.9. The van der Waals surface area contributed by atoms with E-state index in [9.17, 15) is 35.6 Å². The Morgan fingerprint density at radius 2 is 1.81 bits per heavy atom. The molecule has 3 atom stereocenters. The molecule has 0 unspecified atom stereocenters. The highest BCUT2D eigenvalue weighted by Gasteiger charge is 2.67. The Labute approximate surface area is 322 Å². The second kappa shape index (κ2) is 13.5. The van der Waals surface area contributed by atoms with Gasteiger partial charge in [-0.3, -0.25) is 28.2 Å². The first-order chi connectivity index (χ1) is 26.9. The van der Waals surface area contributed by atoms with Crippen LogP contribution < -0.4 is 20.3 Å². The quantitative estimate of drug-likeness (QED) is 0.162. The number of anilines is 1. The zero-order valence-electron chi connectivity index (χ0n) is 29.7. The van der Waals surface area contributed by atoms with Gasteiger partial charge >= 0.3 is 0 Å². The van der Waals surface area contributed by atoms with E-state index in [0.717, 1.165) is 23.0 Å². The molecule has 4 heterocycles. The molecule has 1 amide bonds. The van der Waals surface area contributed by atoms with Crippen molar-refractivity contribution in [2.75, 3.05) is 18.1 Å². The monoisotopic (exact) mass is 835 g/mol. The molecule has 298 valence electrons. The molecule has 1 saturated carbocycles. The second-order valence-electron chi connectivity index (χ2n) is 13.8. The van der Waals surface area contributed by atoms with Crippen molar-refractivity contribution in [2.24, 2.45) is 13.0 Å². The number of aromatic nitrogens is 7. The van der Waals surface area contributed by atoms with Crippen LogP contribution in [0.1, 0.15) is 53.1 Å². The van der Waals surface area contributed by atoms with E-state index < -0.39 is 87.7 Å². The number of aryl methyl sites for hydroxylation is 1. The van der Waals surface area contributed by atoms with Crippen LogP contribution in [0, 0.1) is 17.6 Å². The van der Waals surface area contributed by atoms with Crippen LogP contribution in [-0.2, 0) is 40.8 Å². The summed E-state index contributed by atoms with van der Waals surface area (Å²) in [4.78, 5) is 37.5. The molecule has 0 bridgehead atoms. The normalized spacial score (nSPS) is 17.5. The van der Waals surface area contributed by atoms with Gasteiger partial charge in [-0.2, -0.15) is 24.0 Å². The fourth-order valence-corrected chi connectivity index (χ4v) is 8.29. The summed E-state index contributed by atoms with van der Waals surface area (Å²) in [7, 11) is -1.15. The number of ether oxygens (including phenoxy) is 1. The summed E-state index contributed by atoms with van der Waals surface area (Å²) >= 11 is 6.56. The smallest absolute Gasteiger partial charge is 0.293 e. The number of nitrogens with zero attached hydrogens (tertiary/aromatic N) is 7. The molecule has 22 heteroatoms. The maximum Gasteiger partial charge on any atom is 0.293 e. The minimum absolute atomic E-state index is 0.00565. The van der Waals surface area contributed by atoms with Crippen molar-refractivity contribution in [3.63, 3.8) is 0 Å². The zero-order valence-corrected chi connectivity index (χ0v) is 31.3. The third-order valence-corrected chi connectivity index (χ3v) is 10.7. The first kappa shape index (κ1) is 38.2. The van der Waals surface area contributed by atoms with Crippen LogP contribution in [0.3, 0.4) is 0 Å². The lowest BCUT2D eigenvalue weighted by atomic mass is 10.0. The first-order valence-corrected chi connectivity index (χ1v) is 19.3. The SMILES string of the molecule is COc1ccc2c(=O)n(-c3ccc(Cl)c4c(NS(C)(=O)=O)nn(C)c34)c([C@H](Cc3cc(F)cc(F)c3)NC(=O)Cn3nc(C(F)F)c4c3C(F)(F)[C@H]3C[C@@H]43)nc2n1. The Hall–Kier alpha value is -5.70. The molecule has 0 spiro atoms. The van der Waals surface area contributed by atoms with Crippen LogP contribution in [0.4, 0.5) is 32.2 Å². The van der Waals surface area contributed by atoms with Crippen molar-refractivity contribution in [3.05, 3.63) is 97.8 Å². The van der Waals surface area contributed by atoms with E-state index in [1.165, 1.54) is 43.1 Å². The summed E-state index contributed by atoms with van der Waals surface area (Å²) in [6.07, 6.45) is -2.80. The van der Waals surface area contributed by atoms with Crippen molar-refractivity contribution in [1.82, 2.24) is 39.4 Å². The summed E-state index contributed by atoms with van der Waals surface area (Å²) < 4.78 is 123. The zero-order chi connectivity index (χ0) is 40.9. The van der Waals surface area contributed by atoms with Gasteiger partial charge in [0.2, 0.25) is 21.8 Å². The number of pyridine rings is 1. The number of halogens is 7. The van der Waals surface area contributed by atoms with E-state index in [2.05, 4.69) is 30.2 Å². The maximum absolute atomic E-state index is 15.4. The van der Waals surface area contributed by atoms with Crippen molar-refractivity contribution >= 4 is 55.3 Å². The Kier molecular flexibility index (Phi) is 9.02. The van der Waals surface area contributed by atoms with Gasteiger partial charge in [-0.1, -0.05) is 11.6 Å². The molecule has 0 aliphatic heterocycles. The van der Waals surface area contributed by atoms with Crippen molar-refractivity contribution in [1.29, 1.82) is 0 Å². The number of amides is 1. The summed E-state index contributed by atoms with van der Waals surface area (Å²) in [5.74, 6) is -9.10. The van der Waals surface area contributed by atoms with E-state index >= 15 is 8.78 Å². The van der Waals surface area contributed by atoms with Crippen molar-refractivity contribution in [2.45, 2.75) is 43.7 Å². The summed E-state index contributed by atoms with van der Waals surface area (Å²) in [5.41, 5.74) is -2.92. The van der Waals surface area contributed by atoms with Crippen LogP contribution >= 0.6 is 11.6 Å². The molecule has 6 aromatic rings. The molecule has 8 rings (SSSR count). The topological polar surface area (TPSA) is 168 Å². The highest BCUT2D eigenvalue weighted by Crippen LogP contribution is 2.68. The minimum Gasteiger partial charge on any atom is -0.481 e. The molecule has 1 fully saturated rings. The van der Waals surface area contributed by atoms with Gasteiger partial charge in [-0.25, -0.2) is 31.0 Å². The van der Waals surface area contributed by atoms with Gasteiger partial charge in [-0.05, 0) is 48.2 Å². The number of methoxy groups -OCH3 is 1. The number of carbonyl (C=O) groups is 1. The summed E-state index contributed by atoms with van der Waals surface area (Å²) in [6.45, 7) is -0.991. The van der Waals surface area contributed by atoms with Gasteiger partial charge in [0.05, 0.1) is 46.4 Å². The summed E-state index contributed by atoms with van der Waals surface area (Å²) in [6, 6.07) is 6.47. The third-order valence-electron chi connectivity index (χ3n) is 9.85. The van der Waals surface area contributed by atoms with Gasteiger partial charge in [0.1, 0.15) is 35.4 Å². The molecule has 2 aliphatic carbocycles. The number of carbonyl (C=O) groups excluding carboxylic acids is 1. The van der Waals surface area contributed by atoms with Crippen LogP contribution in [0.15, 0.2) is 47.3 Å². The van der Waals surface area contributed by atoms with Crippen LogP contribution in [-0.4, -0.2) is 61.8 Å². The van der Waals surface area contributed by atoms with Gasteiger partial charge in [0, 0.05) is 37.1 Å². The van der Waals surface area contributed by atoms with Gasteiger partial charge in [0.15, 0.2) is 11.5 Å². The molecular weight excluding hydrogens is 808 g/mol. The highest BCUT2D eigenvalue weighted by atomic mass is 35.5. The van der Waals surface area contributed by atoms with Gasteiger partial charge in [-0.15, -0.1) is 0 Å². The third kappa shape index (κ3) is 6.60. The number of rotatable bonds is 11. The molecule has 0 radical (unpaired) electrons. The van der Waals surface area contributed by atoms with E-state index in [1.54, 1.807) is 0 Å². The van der Waals surface area contributed by atoms with Crippen LogP contribution in [0.5, 0.6) is 5.88 Å². The number of fused-ring (bicyclic) bond motifs is 5. The molecule has 2 aromatic carbocycles. The lowest BCUT2D eigenvalue weighted by Crippen LogP contribution is -2.38. The van der Waals surface area contributed by atoms with Gasteiger partial charge < -0.3 is 10.1 Å². The Balaban J connectivity index is 1.33. The number of hydrogen-bond acceptors (Lipinski definition) is 9. The van der Waals surface area contributed by atoms with E-state index in [-0.39, 0.29) is 67.7 Å². The number of hydrogen-bond donors (Lipinski definition) is 2. The molecule has 4 aromatic heterocycles. The molecule has 0 saturated heterocycles. The largest absolute Gasteiger partial charge is 0.481 e. The maximum atomic E-state index is 15.4. The number of nitrogens with one attached hydrogen (secondary N) is 2. The van der Waals surface area contributed by atoms with Crippen LogP contribution in [0.25, 0.3) is 27.6 Å². The summed E-state index contributed by atoms with van der Waals surface area (Å²) in [5, 5.41) is 10.6. The molecule has 57 heavy (non-hydrogen) atoms. The average Bonchev–Trinajstić information content (AvgIpc) is 3.66. The predicted octanol–water partition coefficient (Wildman–Crippen LogP) is 5.42. The lowest BCUT2D eigenvalue weighted by molar-refractivity contribution is -0.123. The molecule has 2 N–H and O–H groups in total.